The second-order valence-corrected chi connectivity index (χ2v) is 8.23. The quantitative estimate of drug-likeness (QED) is 0.775. The van der Waals surface area contributed by atoms with E-state index in [0.29, 0.717) is 18.4 Å². The molecule has 1 atom stereocenters. The molecule has 0 radical (unpaired) electrons. The van der Waals surface area contributed by atoms with Crippen molar-refractivity contribution < 1.29 is 18.8 Å². The van der Waals surface area contributed by atoms with Gasteiger partial charge in [0.25, 0.3) is 5.91 Å². The molecule has 2 aromatic carbocycles. The number of halogens is 1. The molecule has 4 amide bonds. The molecule has 1 saturated carbocycles. The Morgan fingerprint density at radius 3 is 2.63 bits per heavy atom. The van der Waals surface area contributed by atoms with E-state index in [1.54, 1.807) is 23.1 Å². The van der Waals surface area contributed by atoms with Gasteiger partial charge in [0.2, 0.25) is 5.91 Å². The van der Waals surface area contributed by atoms with Crippen molar-refractivity contribution in [2.24, 2.45) is 0 Å². The van der Waals surface area contributed by atoms with Crippen molar-refractivity contribution in [2.45, 2.75) is 43.8 Å². The van der Waals surface area contributed by atoms with Gasteiger partial charge in [-0.05, 0) is 42.9 Å². The second kappa shape index (κ2) is 6.93. The normalized spacial score (nSPS) is 22.4. The third kappa shape index (κ3) is 2.96. The smallest absolute Gasteiger partial charge is 0.325 e. The number of carbonyl (C=O) groups excluding carboxylic acids is 3. The van der Waals surface area contributed by atoms with Crippen molar-refractivity contribution in [2.75, 3.05) is 6.54 Å². The van der Waals surface area contributed by atoms with Gasteiger partial charge in [-0.1, -0.05) is 42.5 Å². The number of carbonyl (C=O) groups is 3. The van der Waals surface area contributed by atoms with Gasteiger partial charge in [0, 0.05) is 18.2 Å². The molecule has 0 aromatic heterocycles. The highest BCUT2D eigenvalue weighted by Crippen LogP contribution is 2.41. The van der Waals surface area contributed by atoms with Crippen LogP contribution in [0.3, 0.4) is 0 Å². The van der Waals surface area contributed by atoms with Gasteiger partial charge in [0.1, 0.15) is 17.9 Å². The number of fused-ring (bicyclic) bond motifs is 2. The van der Waals surface area contributed by atoms with E-state index >= 15 is 0 Å². The minimum absolute atomic E-state index is 0.0269. The molecule has 1 aliphatic heterocycles. The van der Waals surface area contributed by atoms with Gasteiger partial charge < -0.3 is 10.2 Å². The minimum atomic E-state index is -1.08. The van der Waals surface area contributed by atoms with Crippen molar-refractivity contribution >= 4 is 17.8 Å². The zero-order valence-corrected chi connectivity index (χ0v) is 16.4. The lowest BCUT2D eigenvalue weighted by molar-refractivity contribution is -0.139. The molecule has 6 nitrogen and oxygen atoms in total. The van der Waals surface area contributed by atoms with Crippen LogP contribution in [-0.2, 0) is 28.1 Å². The van der Waals surface area contributed by atoms with E-state index in [1.807, 2.05) is 24.3 Å². The Bertz CT molecular complexity index is 1050. The highest BCUT2D eigenvalue weighted by Gasteiger charge is 2.55. The molecule has 1 unspecified atom stereocenters. The zero-order chi connectivity index (χ0) is 20.9. The number of aryl methyl sites for hydroxylation is 1. The van der Waals surface area contributed by atoms with E-state index in [4.69, 9.17) is 0 Å². The van der Waals surface area contributed by atoms with Crippen molar-refractivity contribution in [3.8, 4) is 0 Å². The number of imide groups is 1. The summed E-state index contributed by atoms with van der Waals surface area (Å²) < 4.78 is 14.1. The maximum Gasteiger partial charge on any atom is 0.325 e. The minimum Gasteiger partial charge on any atom is -0.334 e. The summed E-state index contributed by atoms with van der Waals surface area (Å²) in [6.45, 7) is -0.201. The van der Waals surface area contributed by atoms with E-state index < -0.39 is 11.6 Å². The van der Waals surface area contributed by atoms with Crippen LogP contribution >= 0.6 is 0 Å². The molecule has 5 rings (SSSR count). The number of amides is 4. The highest BCUT2D eigenvalue weighted by molar-refractivity contribution is 6.10. The topological polar surface area (TPSA) is 69.7 Å². The van der Waals surface area contributed by atoms with Crippen LogP contribution in [0.2, 0.25) is 0 Å². The second-order valence-electron chi connectivity index (χ2n) is 8.23. The molecule has 1 saturated heterocycles. The molecule has 2 fully saturated rings. The van der Waals surface area contributed by atoms with Crippen LogP contribution in [0, 0.1) is 5.82 Å². The Kier molecular flexibility index (Phi) is 4.34. The lowest BCUT2D eigenvalue weighted by Crippen LogP contribution is -2.45. The Balaban J connectivity index is 1.36. The number of nitrogens with one attached hydrogen (secondary N) is 1. The molecule has 0 bridgehead atoms. The SMILES string of the molecule is O=C1NC2(CCc3ccccc32)C(=O)N1CC(=O)N(Cc1ccccc1F)C1CC1. The van der Waals surface area contributed by atoms with Crippen molar-refractivity contribution in [1.82, 2.24) is 15.1 Å². The maximum atomic E-state index is 14.1. The Morgan fingerprint density at radius 1 is 1.13 bits per heavy atom. The average Bonchev–Trinajstić information content (AvgIpc) is 3.48. The highest BCUT2D eigenvalue weighted by atomic mass is 19.1. The monoisotopic (exact) mass is 407 g/mol. The maximum absolute atomic E-state index is 14.1. The lowest BCUT2D eigenvalue weighted by atomic mass is 9.92. The van der Waals surface area contributed by atoms with Crippen LogP contribution in [0.4, 0.5) is 9.18 Å². The van der Waals surface area contributed by atoms with Crippen molar-refractivity contribution in [3.05, 3.63) is 71.0 Å². The summed E-state index contributed by atoms with van der Waals surface area (Å²) in [5, 5.41) is 2.84. The summed E-state index contributed by atoms with van der Waals surface area (Å²) in [7, 11) is 0. The number of benzene rings is 2. The average molecular weight is 407 g/mol. The van der Waals surface area contributed by atoms with Crippen LogP contribution in [0.5, 0.6) is 0 Å². The summed E-state index contributed by atoms with van der Waals surface area (Å²) in [6, 6.07) is 13.4. The fraction of sp³-hybridized carbons (Fsp3) is 0.348. The van der Waals surface area contributed by atoms with Crippen LogP contribution in [0.15, 0.2) is 48.5 Å². The largest absolute Gasteiger partial charge is 0.334 e. The van der Waals surface area contributed by atoms with E-state index in [-0.39, 0.29) is 36.8 Å². The first-order valence-corrected chi connectivity index (χ1v) is 10.2. The Hall–Kier alpha value is -3.22. The number of urea groups is 1. The van der Waals surface area contributed by atoms with Crippen LogP contribution in [0.1, 0.15) is 36.0 Å². The van der Waals surface area contributed by atoms with Gasteiger partial charge in [-0.2, -0.15) is 0 Å². The van der Waals surface area contributed by atoms with E-state index in [1.165, 1.54) is 6.07 Å². The fourth-order valence-electron chi connectivity index (χ4n) is 4.58. The number of hydrogen-bond donors (Lipinski definition) is 1. The molecule has 3 aliphatic rings. The van der Waals surface area contributed by atoms with Gasteiger partial charge in [0.05, 0.1) is 0 Å². The van der Waals surface area contributed by atoms with E-state index in [2.05, 4.69) is 5.32 Å². The van der Waals surface area contributed by atoms with Crippen LogP contribution in [-0.4, -0.2) is 40.2 Å². The van der Waals surface area contributed by atoms with Gasteiger partial charge in [-0.3, -0.25) is 14.5 Å². The third-order valence-electron chi connectivity index (χ3n) is 6.32. The first-order chi connectivity index (χ1) is 14.5. The Morgan fingerprint density at radius 2 is 1.87 bits per heavy atom. The molecule has 7 heteroatoms. The molecular formula is C23H22FN3O3. The third-order valence-corrected chi connectivity index (χ3v) is 6.32. The molecular weight excluding hydrogens is 385 g/mol. The predicted octanol–water partition coefficient (Wildman–Crippen LogP) is 2.71. The first kappa shape index (κ1) is 18.8. The van der Waals surface area contributed by atoms with Crippen LogP contribution < -0.4 is 5.32 Å². The molecule has 1 N–H and O–H groups in total. The molecule has 1 spiro atoms. The predicted molar refractivity (Wildman–Crippen MR) is 107 cm³/mol. The Labute approximate surface area is 173 Å². The van der Waals surface area contributed by atoms with Crippen molar-refractivity contribution in [1.29, 1.82) is 0 Å². The number of hydrogen-bond acceptors (Lipinski definition) is 3. The summed E-state index contributed by atoms with van der Waals surface area (Å²) in [6.07, 6.45) is 2.88. The molecule has 30 heavy (non-hydrogen) atoms. The lowest BCUT2D eigenvalue weighted by Gasteiger charge is -2.26. The van der Waals surface area contributed by atoms with Gasteiger partial charge in [-0.25, -0.2) is 9.18 Å². The molecule has 1 heterocycles. The van der Waals surface area contributed by atoms with E-state index in [9.17, 15) is 18.8 Å². The summed E-state index contributed by atoms with van der Waals surface area (Å²) in [5.74, 6) is -1.09. The van der Waals surface area contributed by atoms with Gasteiger partial charge in [-0.15, -0.1) is 0 Å². The zero-order valence-electron chi connectivity index (χ0n) is 16.4. The fourth-order valence-corrected chi connectivity index (χ4v) is 4.58. The summed E-state index contributed by atoms with van der Waals surface area (Å²) in [4.78, 5) is 41.6. The number of nitrogens with zero attached hydrogens (tertiary/aromatic N) is 2. The number of rotatable bonds is 5. The molecule has 154 valence electrons. The molecule has 2 aliphatic carbocycles. The summed E-state index contributed by atoms with van der Waals surface area (Å²) >= 11 is 0. The van der Waals surface area contributed by atoms with Crippen molar-refractivity contribution in [3.63, 3.8) is 0 Å². The van der Waals surface area contributed by atoms with Gasteiger partial charge in [0.15, 0.2) is 0 Å². The van der Waals surface area contributed by atoms with Gasteiger partial charge >= 0.3 is 6.03 Å². The summed E-state index contributed by atoms with van der Waals surface area (Å²) in [5.41, 5.74) is 1.20. The van der Waals surface area contributed by atoms with Crippen LogP contribution in [0.25, 0.3) is 0 Å². The molecule has 2 aromatic rings. The standard InChI is InChI=1S/C23H22FN3O3/c24-19-8-4-2-6-16(19)13-26(17-9-10-17)20(28)14-27-21(29)23(25-22(27)30)12-11-15-5-1-3-7-18(15)23/h1-8,17H,9-14H2,(H,25,30). The van der Waals surface area contributed by atoms with E-state index in [0.717, 1.165) is 28.9 Å². The first-order valence-electron chi connectivity index (χ1n) is 10.2.